The molecule has 1 fully saturated rings. The molecule has 5 nitrogen and oxygen atoms in total. The molecule has 0 saturated heterocycles. The highest BCUT2D eigenvalue weighted by Gasteiger charge is 2.21. The molecular weight excluding hydrogens is 306 g/mol. The maximum absolute atomic E-state index is 9.78. The van der Waals surface area contributed by atoms with Gasteiger partial charge in [-0.15, -0.1) is 0 Å². The highest BCUT2D eigenvalue weighted by atomic mass is 16.7. The summed E-state index contributed by atoms with van der Waals surface area (Å²) in [6.07, 6.45) is 7.18. The van der Waals surface area contributed by atoms with Crippen molar-refractivity contribution in [1.82, 2.24) is 4.90 Å². The monoisotopic (exact) mass is 335 g/mol. The van der Waals surface area contributed by atoms with E-state index in [1.807, 2.05) is 25.1 Å². The van der Waals surface area contributed by atoms with Gasteiger partial charge in [-0.3, -0.25) is 4.90 Å². The van der Waals surface area contributed by atoms with Crippen LogP contribution in [0.4, 0.5) is 0 Å². The fourth-order valence-corrected chi connectivity index (χ4v) is 3.63. The Labute approximate surface area is 144 Å². The Morgan fingerprint density at radius 2 is 2.00 bits per heavy atom. The van der Waals surface area contributed by atoms with E-state index in [0.29, 0.717) is 12.6 Å². The lowest BCUT2D eigenvalue weighted by Gasteiger charge is -2.35. The van der Waals surface area contributed by atoms with Gasteiger partial charge in [0.05, 0.1) is 12.7 Å². The van der Waals surface area contributed by atoms with Crippen LogP contribution >= 0.6 is 0 Å². The predicted octanol–water partition coefficient (Wildman–Crippen LogP) is 3.20. The van der Waals surface area contributed by atoms with Crippen molar-refractivity contribution >= 4 is 0 Å². The van der Waals surface area contributed by atoms with Crippen LogP contribution in [0.1, 0.15) is 45.4 Å². The molecule has 0 amide bonds. The van der Waals surface area contributed by atoms with Gasteiger partial charge < -0.3 is 19.3 Å². The molecule has 5 heteroatoms. The molecule has 1 aliphatic heterocycles. The van der Waals surface area contributed by atoms with E-state index in [0.717, 1.165) is 36.8 Å². The Morgan fingerprint density at radius 1 is 1.21 bits per heavy atom. The van der Waals surface area contributed by atoms with E-state index in [9.17, 15) is 5.11 Å². The molecule has 24 heavy (non-hydrogen) atoms. The topological polar surface area (TPSA) is 51.2 Å². The number of ether oxygens (including phenoxy) is 3. The van der Waals surface area contributed by atoms with Crippen molar-refractivity contribution in [3.63, 3.8) is 0 Å². The summed E-state index contributed by atoms with van der Waals surface area (Å²) in [5.41, 5.74) is 0. The van der Waals surface area contributed by atoms with E-state index >= 15 is 0 Å². The zero-order valence-electron chi connectivity index (χ0n) is 14.6. The highest BCUT2D eigenvalue weighted by Crippen LogP contribution is 2.35. The van der Waals surface area contributed by atoms with Gasteiger partial charge in [-0.05, 0) is 38.3 Å². The molecule has 2 aliphatic rings. The van der Waals surface area contributed by atoms with E-state index in [4.69, 9.17) is 14.2 Å². The summed E-state index contributed by atoms with van der Waals surface area (Å²) >= 11 is 0. The van der Waals surface area contributed by atoms with Gasteiger partial charge in [0, 0.05) is 25.2 Å². The summed E-state index contributed by atoms with van der Waals surface area (Å²) < 4.78 is 16.5. The third-order valence-electron chi connectivity index (χ3n) is 4.79. The van der Waals surface area contributed by atoms with Gasteiger partial charge in [0.25, 0.3) is 0 Å². The van der Waals surface area contributed by atoms with Gasteiger partial charge in [-0.1, -0.05) is 19.3 Å². The van der Waals surface area contributed by atoms with Crippen LogP contribution in [0.3, 0.4) is 0 Å². The number of hydrogen-bond donors (Lipinski definition) is 1. The smallest absolute Gasteiger partial charge is 0.231 e. The van der Waals surface area contributed by atoms with Crippen LogP contribution in [-0.4, -0.2) is 48.6 Å². The molecule has 0 aromatic heterocycles. The number of aliphatic hydroxyl groups excluding tert-OH is 1. The van der Waals surface area contributed by atoms with Crippen molar-refractivity contribution in [1.29, 1.82) is 0 Å². The van der Waals surface area contributed by atoms with E-state index in [-0.39, 0.29) is 12.9 Å². The Hall–Kier alpha value is -1.46. The van der Waals surface area contributed by atoms with Gasteiger partial charge in [-0.25, -0.2) is 0 Å². The molecule has 1 N–H and O–H groups in total. The van der Waals surface area contributed by atoms with Crippen molar-refractivity contribution in [2.24, 2.45) is 0 Å². The Balaban J connectivity index is 1.44. The molecular formula is C19H29NO4. The van der Waals surface area contributed by atoms with Crippen LogP contribution in [0, 0.1) is 0 Å². The van der Waals surface area contributed by atoms with Crippen molar-refractivity contribution in [2.75, 3.05) is 26.5 Å². The molecule has 1 aromatic carbocycles. The maximum Gasteiger partial charge on any atom is 0.231 e. The fraction of sp³-hybridized carbons (Fsp3) is 0.684. The number of hydrogen-bond acceptors (Lipinski definition) is 5. The first-order valence-corrected chi connectivity index (χ1v) is 9.17. The second kappa shape index (κ2) is 8.58. The lowest BCUT2D eigenvalue weighted by Crippen LogP contribution is -2.41. The molecule has 1 aromatic rings. The zero-order valence-corrected chi connectivity index (χ0v) is 14.6. The SMILES string of the molecule is CC(O)CN(CCCOc1ccc2c(c1)OCO2)C1CCCCC1. The van der Waals surface area contributed by atoms with Crippen molar-refractivity contribution in [2.45, 2.75) is 57.6 Å². The lowest BCUT2D eigenvalue weighted by atomic mass is 9.94. The number of aliphatic hydroxyl groups is 1. The summed E-state index contributed by atoms with van der Waals surface area (Å²) in [5, 5.41) is 9.78. The molecule has 0 bridgehead atoms. The third kappa shape index (κ3) is 4.77. The molecule has 3 rings (SSSR count). The highest BCUT2D eigenvalue weighted by molar-refractivity contribution is 5.46. The van der Waals surface area contributed by atoms with Gasteiger partial charge in [-0.2, -0.15) is 0 Å². The summed E-state index contributed by atoms with van der Waals surface area (Å²) in [7, 11) is 0. The summed E-state index contributed by atoms with van der Waals surface area (Å²) in [4.78, 5) is 2.45. The second-order valence-corrected chi connectivity index (χ2v) is 6.85. The molecule has 1 atom stereocenters. The van der Waals surface area contributed by atoms with Crippen molar-refractivity contribution in [3.05, 3.63) is 18.2 Å². The first kappa shape index (κ1) is 17.4. The van der Waals surface area contributed by atoms with Crippen LogP contribution in [-0.2, 0) is 0 Å². The first-order chi connectivity index (χ1) is 11.7. The van der Waals surface area contributed by atoms with Crippen molar-refractivity contribution < 1.29 is 19.3 Å². The summed E-state index contributed by atoms with van der Waals surface area (Å²) in [6.45, 7) is 4.56. The van der Waals surface area contributed by atoms with E-state index in [2.05, 4.69) is 4.90 Å². The second-order valence-electron chi connectivity index (χ2n) is 6.85. The third-order valence-corrected chi connectivity index (χ3v) is 4.79. The molecule has 1 saturated carbocycles. The average molecular weight is 335 g/mol. The van der Waals surface area contributed by atoms with Crippen LogP contribution < -0.4 is 14.2 Å². The standard InChI is InChI=1S/C19H29NO4/c1-15(21)13-20(16-6-3-2-4-7-16)10-5-11-22-17-8-9-18-19(12-17)24-14-23-18/h8-9,12,15-16,21H,2-7,10-11,13-14H2,1H3. The maximum atomic E-state index is 9.78. The quantitative estimate of drug-likeness (QED) is 0.739. The Kier molecular flexibility index (Phi) is 6.21. The van der Waals surface area contributed by atoms with Gasteiger partial charge in [0.1, 0.15) is 5.75 Å². The number of benzene rings is 1. The van der Waals surface area contributed by atoms with Crippen molar-refractivity contribution in [3.8, 4) is 17.2 Å². The number of fused-ring (bicyclic) bond motifs is 1. The summed E-state index contributed by atoms with van der Waals surface area (Å²) in [6, 6.07) is 6.32. The minimum atomic E-state index is -0.276. The molecule has 0 spiro atoms. The van der Waals surface area contributed by atoms with Crippen LogP contribution in [0.15, 0.2) is 18.2 Å². The number of rotatable bonds is 8. The Morgan fingerprint density at radius 3 is 2.79 bits per heavy atom. The zero-order chi connectivity index (χ0) is 16.8. The minimum absolute atomic E-state index is 0.276. The normalized spacial score (nSPS) is 18.8. The van der Waals surface area contributed by atoms with Crippen LogP contribution in [0.25, 0.3) is 0 Å². The van der Waals surface area contributed by atoms with Crippen LogP contribution in [0.2, 0.25) is 0 Å². The fourth-order valence-electron chi connectivity index (χ4n) is 3.63. The van der Waals surface area contributed by atoms with E-state index in [1.165, 1.54) is 32.1 Å². The average Bonchev–Trinajstić information content (AvgIpc) is 3.06. The molecule has 134 valence electrons. The van der Waals surface area contributed by atoms with E-state index in [1.54, 1.807) is 0 Å². The molecule has 1 unspecified atom stereocenters. The number of nitrogens with zero attached hydrogens (tertiary/aromatic N) is 1. The molecule has 0 radical (unpaired) electrons. The minimum Gasteiger partial charge on any atom is -0.493 e. The van der Waals surface area contributed by atoms with Crippen LogP contribution in [0.5, 0.6) is 17.2 Å². The largest absolute Gasteiger partial charge is 0.493 e. The van der Waals surface area contributed by atoms with E-state index < -0.39 is 0 Å². The van der Waals surface area contributed by atoms with Gasteiger partial charge in [0.2, 0.25) is 6.79 Å². The first-order valence-electron chi connectivity index (χ1n) is 9.17. The predicted molar refractivity (Wildman–Crippen MR) is 92.8 cm³/mol. The van der Waals surface area contributed by atoms with Gasteiger partial charge >= 0.3 is 0 Å². The summed E-state index contributed by atoms with van der Waals surface area (Å²) in [5.74, 6) is 2.35. The lowest BCUT2D eigenvalue weighted by molar-refractivity contribution is 0.0780. The Bertz CT molecular complexity index is 514. The molecule has 1 aliphatic carbocycles. The van der Waals surface area contributed by atoms with Gasteiger partial charge in [0.15, 0.2) is 11.5 Å². The molecule has 1 heterocycles.